The number of carbonyl (C=O) groups excluding carboxylic acids is 1. The lowest BCUT2D eigenvalue weighted by atomic mass is 10.1. The minimum atomic E-state index is -0.274. The van der Waals surface area contributed by atoms with E-state index in [9.17, 15) is 4.79 Å². The van der Waals surface area contributed by atoms with E-state index in [2.05, 4.69) is 34.2 Å². The van der Waals surface area contributed by atoms with Gasteiger partial charge in [0.25, 0.3) is 0 Å². The standard InChI is InChI=1S/C24H27N3OS/c1-17-18(2)25-24(26-19(17)3)29-20(4)23(28)27(15-21-11-7-5-8-12-21)16-22-13-9-6-10-14-22/h5-14,20H,15-16H2,1-4H3/t20-/m0/s1. The minimum absolute atomic E-state index is 0.0854. The lowest BCUT2D eigenvalue weighted by Gasteiger charge is -2.26. The third-order valence-electron chi connectivity index (χ3n) is 4.99. The van der Waals surface area contributed by atoms with Crippen LogP contribution in [-0.4, -0.2) is 26.0 Å². The van der Waals surface area contributed by atoms with Gasteiger partial charge in [0.1, 0.15) is 0 Å². The molecular formula is C24H27N3OS. The summed E-state index contributed by atoms with van der Waals surface area (Å²) in [6.45, 7) is 9.08. The summed E-state index contributed by atoms with van der Waals surface area (Å²) in [5.74, 6) is 0.0854. The predicted molar refractivity (Wildman–Crippen MR) is 119 cm³/mol. The Balaban J connectivity index is 1.79. The first-order chi connectivity index (χ1) is 13.9. The highest BCUT2D eigenvalue weighted by Crippen LogP contribution is 2.24. The van der Waals surface area contributed by atoms with E-state index < -0.39 is 0 Å². The zero-order valence-corrected chi connectivity index (χ0v) is 18.2. The molecule has 0 saturated carbocycles. The van der Waals surface area contributed by atoms with E-state index in [1.807, 2.05) is 69.0 Å². The van der Waals surface area contributed by atoms with Crippen LogP contribution in [0.3, 0.4) is 0 Å². The molecule has 3 rings (SSSR count). The van der Waals surface area contributed by atoms with Crippen LogP contribution >= 0.6 is 11.8 Å². The molecule has 0 aliphatic heterocycles. The fourth-order valence-corrected chi connectivity index (χ4v) is 4.02. The van der Waals surface area contributed by atoms with Gasteiger partial charge in [-0.05, 0) is 44.4 Å². The molecule has 0 bridgehead atoms. The summed E-state index contributed by atoms with van der Waals surface area (Å²) in [5, 5.41) is 0.384. The van der Waals surface area contributed by atoms with Crippen LogP contribution in [0.25, 0.3) is 0 Å². The maximum absolute atomic E-state index is 13.3. The average molecular weight is 406 g/mol. The molecule has 4 nitrogen and oxygen atoms in total. The lowest BCUT2D eigenvalue weighted by Crippen LogP contribution is -2.35. The minimum Gasteiger partial charge on any atom is -0.333 e. The molecule has 0 spiro atoms. The molecule has 1 heterocycles. The molecule has 0 unspecified atom stereocenters. The first-order valence-corrected chi connectivity index (χ1v) is 10.7. The monoisotopic (exact) mass is 405 g/mol. The second-order valence-corrected chi connectivity index (χ2v) is 8.54. The number of carbonyl (C=O) groups is 1. The van der Waals surface area contributed by atoms with Gasteiger partial charge in [0.05, 0.1) is 5.25 Å². The van der Waals surface area contributed by atoms with Gasteiger partial charge < -0.3 is 4.90 Å². The number of aryl methyl sites for hydroxylation is 2. The number of rotatable bonds is 7. The molecule has 0 N–H and O–H groups in total. The van der Waals surface area contributed by atoms with Crippen molar-refractivity contribution in [2.24, 2.45) is 0 Å². The lowest BCUT2D eigenvalue weighted by molar-refractivity contribution is -0.131. The fraction of sp³-hybridized carbons (Fsp3) is 0.292. The topological polar surface area (TPSA) is 46.1 Å². The molecule has 0 aliphatic rings. The molecule has 29 heavy (non-hydrogen) atoms. The highest BCUT2D eigenvalue weighted by molar-refractivity contribution is 8.00. The van der Waals surface area contributed by atoms with Gasteiger partial charge in [0, 0.05) is 24.5 Å². The van der Waals surface area contributed by atoms with Crippen molar-refractivity contribution >= 4 is 17.7 Å². The summed E-state index contributed by atoms with van der Waals surface area (Å²) < 4.78 is 0. The Kier molecular flexibility index (Phi) is 7.04. The van der Waals surface area contributed by atoms with E-state index in [4.69, 9.17) is 0 Å². The van der Waals surface area contributed by atoms with Crippen LogP contribution in [0, 0.1) is 20.8 Å². The zero-order valence-electron chi connectivity index (χ0n) is 17.4. The Morgan fingerprint density at radius 2 is 1.31 bits per heavy atom. The Morgan fingerprint density at radius 1 is 0.862 bits per heavy atom. The van der Waals surface area contributed by atoms with E-state index in [-0.39, 0.29) is 11.2 Å². The average Bonchev–Trinajstić information content (AvgIpc) is 2.72. The quantitative estimate of drug-likeness (QED) is 0.405. The molecule has 150 valence electrons. The van der Waals surface area contributed by atoms with Crippen molar-refractivity contribution in [3.05, 3.63) is 88.7 Å². The van der Waals surface area contributed by atoms with E-state index in [0.717, 1.165) is 28.1 Å². The molecule has 0 fully saturated rings. The predicted octanol–water partition coefficient (Wildman–Crippen LogP) is 5.11. The molecule has 0 saturated heterocycles. The van der Waals surface area contributed by atoms with Gasteiger partial charge in [-0.25, -0.2) is 9.97 Å². The molecule has 1 amide bonds. The Labute approximate surface area is 177 Å². The first-order valence-electron chi connectivity index (χ1n) is 9.79. The summed E-state index contributed by atoms with van der Waals surface area (Å²) in [6.07, 6.45) is 0. The van der Waals surface area contributed by atoms with Crippen molar-refractivity contribution < 1.29 is 4.79 Å². The van der Waals surface area contributed by atoms with E-state index in [0.29, 0.717) is 18.2 Å². The summed E-state index contributed by atoms with van der Waals surface area (Å²) in [7, 11) is 0. The normalized spacial score (nSPS) is 11.9. The smallest absolute Gasteiger partial charge is 0.236 e. The Hall–Kier alpha value is -2.66. The second-order valence-electron chi connectivity index (χ2n) is 7.23. The van der Waals surface area contributed by atoms with Crippen molar-refractivity contribution in [2.45, 2.75) is 51.2 Å². The first kappa shape index (κ1) is 21.1. The zero-order chi connectivity index (χ0) is 20.8. The molecular weight excluding hydrogens is 378 g/mol. The maximum Gasteiger partial charge on any atom is 0.236 e. The van der Waals surface area contributed by atoms with Crippen LogP contribution in [0.2, 0.25) is 0 Å². The van der Waals surface area contributed by atoms with Gasteiger partial charge in [-0.3, -0.25) is 4.79 Å². The van der Waals surface area contributed by atoms with Crippen molar-refractivity contribution in [3.8, 4) is 0 Å². The van der Waals surface area contributed by atoms with E-state index >= 15 is 0 Å². The molecule has 2 aromatic carbocycles. The highest BCUT2D eigenvalue weighted by atomic mass is 32.2. The maximum atomic E-state index is 13.3. The van der Waals surface area contributed by atoms with Gasteiger partial charge in [0.2, 0.25) is 5.91 Å². The molecule has 0 radical (unpaired) electrons. The van der Waals surface area contributed by atoms with Gasteiger partial charge in [-0.2, -0.15) is 0 Å². The third-order valence-corrected chi connectivity index (χ3v) is 5.93. The van der Waals surface area contributed by atoms with Crippen LogP contribution in [0.5, 0.6) is 0 Å². The second kappa shape index (κ2) is 9.70. The van der Waals surface area contributed by atoms with E-state index in [1.165, 1.54) is 11.8 Å². The number of benzene rings is 2. The van der Waals surface area contributed by atoms with Crippen LogP contribution in [-0.2, 0) is 17.9 Å². The summed E-state index contributed by atoms with van der Waals surface area (Å²) in [4.78, 5) is 24.4. The van der Waals surface area contributed by atoms with Crippen LogP contribution < -0.4 is 0 Å². The third kappa shape index (κ3) is 5.67. The molecule has 5 heteroatoms. The SMILES string of the molecule is Cc1nc(S[C@@H](C)C(=O)N(Cc2ccccc2)Cc2ccccc2)nc(C)c1C. The summed E-state index contributed by atoms with van der Waals surface area (Å²) in [6, 6.07) is 20.2. The van der Waals surface area contributed by atoms with Crippen LogP contribution in [0.1, 0.15) is 35.0 Å². The largest absolute Gasteiger partial charge is 0.333 e. The Bertz CT molecular complexity index is 896. The fourth-order valence-electron chi connectivity index (χ4n) is 3.08. The van der Waals surface area contributed by atoms with Gasteiger partial charge in [-0.1, -0.05) is 72.4 Å². The van der Waals surface area contributed by atoms with Crippen molar-refractivity contribution in [2.75, 3.05) is 0 Å². The number of nitrogens with zero attached hydrogens (tertiary/aromatic N) is 3. The number of amides is 1. The highest BCUT2D eigenvalue weighted by Gasteiger charge is 2.23. The van der Waals surface area contributed by atoms with Crippen LogP contribution in [0.4, 0.5) is 0 Å². The van der Waals surface area contributed by atoms with Crippen molar-refractivity contribution in [1.29, 1.82) is 0 Å². The Morgan fingerprint density at radius 3 is 1.76 bits per heavy atom. The van der Waals surface area contributed by atoms with Crippen molar-refractivity contribution in [3.63, 3.8) is 0 Å². The van der Waals surface area contributed by atoms with Gasteiger partial charge in [-0.15, -0.1) is 0 Å². The molecule has 1 aromatic heterocycles. The molecule has 0 aliphatic carbocycles. The molecule has 1 atom stereocenters. The van der Waals surface area contributed by atoms with Crippen LogP contribution in [0.15, 0.2) is 65.8 Å². The van der Waals surface area contributed by atoms with Gasteiger partial charge >= 0.3 is 0 Å². The molecule has 3 aromatic rings. The van der Waals surface area contributed by atoms with Crippen molar-refractivity contribution in [1.82, 2.24) is 14.9 Å². The van der Waals surface area contributed by atoms with E-state index in [1.54, 1.807) is 0 Å². The summed E-state index contributed by atoms with van der Waals surface area (Å²) in [5.41, 5.74) is 5.26. The summed E-state index contributed by atoms with van der Waals surface area (Å²) >= 11 is 1.42. The number of hydrogen-bond donors (Lipinski definition) is 0. The number of thioether (sulfide) groups is 1. The number of aromatic nitrogens is 2. The number of hydrogen-bond acceptors (Lipinski definition) is 4. The van der Waals surface area contributed by atoms with Gasteiger partial charge in [0.15, 0.2) is 5.16 Å².